The van der Waals surface area contributed by atoms with Crippen molar-refractivity contribution in [3.8, 4) is 0 Å². The molecule has 1 saturated carbocycles. The molecule has 2 heterocycles. The number of ether oxygens (including phenoxy) is 1. The topological polar surface area (TPSA) is 71.1 Å². The Morgan fingerprint density at radius 1 is 1.32 bits per heavy atom. The summed E-state index contributed by atoms with van der Waals surface area (Å²) in [6.07, 6.45) is 5.40. The van der Waals surface area contributed by atoms with Gasteiger partial charge in [0.15, 0.2) is 0 Å². The van der Waals surface area contributed by atoms with Crippen LogP contribution in [0.3, 0.4) is 0 Å². The lowest BCUT2D eigenvalue weighted by molar-refractivity contribution is 0.0258. The highest BCUT2D eigenvalue weighted by Crippen LogP contribution is 2.24. The van der Waals surface area contributed by atoms with Crippen LogP contribution in [0.5, 0.6) is 0 Å². The molecule has 19 heavy (non-hydrogen) atoms. The Morgan fingerprint density at radius 3 is 3.00 bits per heavy atom. The maximum absolute atomic E-state index is 5.65. The molecule has 2 aliphatic rings. The fraction of sp³-hybridized carbons (Fsp3) is 0.692. The van der Waals surface area contributed by atoms with Crippen molar-refractivity contribution < 1.29 is 4.74 Å². The Kier molecular flexibility index (Phi) is 4.10. The van der Waals surface area contributed by atoms with Gasteiger partial charge < -0.3 is 20.7 Å². The second kappa shape index (κ2) is 6.16. The fourth-order valence-electron chi connectivity index (χ4n) is 2.14. The van der Waals surface area contributed by atoms with Crippen LogP contribution < -0.4 is 16.0 Å². The van der Waals surface area contributed by atoms with Crippen molar-refractivity contribution in [1.82, 2.24) is 15.3 Å². The summed E-state index contributed by atoms with van der Waals surface area (Å²) in [6.45, 7) is 3.59. The number of morpholine rings is 1. The number of hydrogen-bond acceptors (Lipinski definition) is 6. The summed E-state index contributed by atoms with van der Waals surface area (Å²) >= 11 is 0. The second-order valence-corrected chi connectivity index (χ2v) is 5.12. The highest BCUT2D eigenvalue weighted by Gasteiger charge is 2.21. The Morgan fingerprint density at radius 2 is 2.21 bits per heavy atom. The summed E-state index contributed by atoms with van der Waals surface area (Å²) in [5.74, 6) is 1.79. The highest BCUT2D eigenvalue weighted by molar-refractivity contribution is 5.47. The van der Waals surface area contributed by atoms with Crippen LogP contribution in [0.2, 0.25) is 0 Å². The van der Waals surface area contributed by atoms with Crippen molar-refractivity contribution in [2.75, 3.05) is 36.9 Å². The van der Waals surface area contributed by atoms with Crippen molar-refractivity contribution in [1.29, 1.82) is 0 Å². The summed E-state index contributed by atoms with van der Waals surface area (Å²) in [5, 5.41) is 10.0. The van der Waals surface area contributed by atoms with E-state index in [9.17, 15) is 0 Å². The summed E-state index contributed by atoms with van der Waals surface area (Å²) in [5.41, 5.74) is 0. The van der Waals surface area contributed by atoms with Gasteiger partial charge in [-0.1, -0.05) is 0 Å². The van der Waals surface area contributed by atoms with E-state index in [2.05, 4.69) is 25.9 Å². The van der Waals surface area contributed by atoms with Crippen molar-refractivity contribution >= 4 is 11.6 Å². The molecule has 1 aliphatic carbocycles. The van der Waals surface area contributed by atoms with Crippen LogP contribution >= 0.6 is 0 Å². The molecule has 1 aliphatic heterocycles. The van der Waals surface area contributed by atoms with Crippen LogP contribution in [0.1, 0.15) is 19.3 Å². The standard InChI is InChI=1S/C13H21N5O/c1-2-10(1)18-13-7-12(16-9-17-13)15-4-3-11-8-14-5-6-19-11/h7,9-11,14H,1-6,8H2,(H2,15,16,17,18). The zero-order chi connectivity index (χ0) is 12.9. The number of anilines is 2. The Balaban J connectivity index is 1.43. The largest absolute Gasteiger partial charge is 0.376 e. The lowest BCUT2D eigenvalue weighted by atomic mass is 10.2. The van der Waals surface area contributed by atoms with Crippen LogP contribution in [0.25, 0.3) is 0 Å². The van der Waals surface area contributed by atoms with Gasteiger partial charge in [-0.25, -0.2) is 9.97 Å². The molecule has 1 saturated heterocycles. The molecule has 6 heteroatoms. The molecule has 3 rings (SSSR count). The van der Waals surface area contributed by atoms with Gasteiger partial charge in [-0.2, -0.15) is 0 Å². The minimum Gasteiger partial charge on any atom is -0.376 e. The fourth-order valence-corrected chi connectivity index (χ4v) is 2.14. The van der Waals surface area contributed by atoms with Gasteiger partial charge in [-0.3, -0.25) is 0 Å². The van der Waals surface area contributed by atoms with Gasteiger partial charge in [-0.15, -0.1) is 0 Å². The van der Waals surface area contributed by atoms with E-state index in [0.29, 0.717) is 12.1 Å². The number of nitrogens with zero attached hydrogens (tertiary/aromatic N) is 2. The Labute approximate surface area is 113 Å². The third-order valence-corrected chi connectivity index (χ3v) is 3.37. The lowest BCUT2D eigenvalue weighted by Gasteiger charge is -2.23. The van der Waals surface area contributed by atoms with E-state index < -0.39 is 0 Å². The maximum atomic E-state index is 5.65. The summed E-state index contributed by atoms with van der Waals surface area (Å²) in [6, 6.07) is 2.59. The van der Waals surface area contributed by atoms with E-state index in [0.717, 1.165) is 44.3 Å². The monoisotopic (exact) mass is 263 g/mol. The zero-order valence-corrected chi connectivity index (χ0v) is 11.1. The first-order valence-corrected chi connectivity index (χ1v) is 7.05. The first-order chi connectivity index (χ1) is 9.40. The van der Waals surface area contributed by atoms with Gasteiger partial charge in [-0.05, 0) is 19.3 Å². The van der Waals surface area contributed by atoms with Crippen LogP contribution in [0, 0.1) is 0 Å². The third-order valence-electron chi connectivity index (χ3n) is 3.37. The molecule has 0 amide bonds. The van der Waals surface area contributed by atoms with E-state index in [1.54, 1.807) is 6.33 Å². The average molecular weight is 263 g/mol. The molecule has 2 fully saturated rings. The van der Waals surface area contributed by atoms with Crippen molar-refractivity contribution in [2.24, 2.45) is 0 Å². The van der Waals surface area contributed by atoms with Crippen LogP contribution in [0.15, 0.2) is 12.4 Å². The molecular weight excluding hydrogens is 242 g/mol. The SMILES string of the molecule is c1nc(NCCC2CNCCO2)cc(NC2CC2)n1. The van der Waals surface area contributed by atoms with Crippen molar-refractivity contribution in [2.45, 2.75) is 31.4 Å². The Bertz CT molecular complexity index is 404. The highest BCUT2D eigenvalue weighted by atomic mass is 16.5. The molecule has 104 valence electrons. The maximum Gasteiger partial charge on any atom is 0.131 e. The quantitative estimate of drug-likeness (QED) is 0.706. The first-order valence-electron chi connectivity index (χ1n) is 7.05. The van der Waals surface area contributed by atoms with Crippen LogP contribution in [-0.4, -0.2) is 48.4 Å². The summed E-state index contributed by atoms with van der Waals surface area (Å²) in [7, 11) is 0. The van der Waals surface area contributed by atoms with Gasteiger partial charge in [0.1, 0.15) is 18.0 Å². The van der Waals surface area contributed by atoms with Gasteiger partial charge >= 0.3 is 0 Å². The minimum atomic E-state index is 0.312. The summed E-state index contributed by atoms with van der Waals surface area (Å²) < 4.78 is 5.65. The third kappa shape index (κ3) is 4.04. The van der Waals surface area contributed by atoms with Gasteiger partial charge in [0.05, 0.1) is 12.7 Å². The smallest absolute Gasteiger partial charge is 0.131 e. The average Bonchev–Trinajstić information content (AvgIpc) is 3.24. The predicted octanol–water partition coefficient (Wildman–Crippen LogP) is 0.841. The predicted molar refractivity (Wildman–Crippen MR) is 74.4 cm³/mol. The molecule has 1 aromatic heterocycles. The second-order valence-electron chi connectivity index (χ2n) is 5.12. The number of aromatic nitrogens is 2. The molecule has 3 N–H and O–H groups in total. The normalized spacial score (nSPS) is 23.1. The zero-order valence-electron chi connectivity index (χ0n) is 11.1. The number of nitrogens with one attached hydrogen (secondary N) is 3. The molecule has 1 aromatic rings. The molecule has 0 aromatic carbocycles. The number of rotatable bonds is 6. The minimum absolute atomic E-state index is 0.312. The van der Waals surface area contributed by atoms with Crippen molar-refractivity contribution in [3.05, 3.63) is 12.4 Å². The van der Waals surface area contributed by atoms with Gasteiger partial charge in [0.2, 0.25) is 0 Å². The van der Waals surface area contributed by atoms with Gasteiger partial charge in [0.25, 0.3) is 0 Å². The van der Waals surface area contributed by atoms with Crippen LogP contribution in [-0.2, 0) is 4.74 Å². The molecule has 6 nitrogen and oxygen atoms in total. The van der Waals surface area contributed by atoms with E-state index in [-0.39, 0.29) is 0 Å². The Hall–Kier alpha value is -1.40. The molecule has 0 bridgehead atoms. The van der Waals surface area contributed by atoms with Gasteiger partial charge in [0, 0.05) is 31.7 Å². The van der Waals surface area contributed by atoms with Crippen LogP contribution in [0.4, 0.5) is 11.6 Å². The van der Waals surface area contributed by atoms with E-state index in [4.69, 9.17) is 4.74 Å². The molecule has 0 spiro atoms. The van der Waals surface area contributed by atoms with Crippen molar-refractivity contribution in [3.63, 3.8) is 0 Å². The molecule has 1 unspecified atom stereocenters. The summed E-state index contributed by atoms with van der Waals surface area (Å²) in [4.78, 5) is 8.45. The molecule has 0 radical (unpaired) electrons. The molecule has 1 atom stereocenters. The van der Waals surface area contributed by atoms with E-state index in [1.807, 2.05) is 6.07 Å². The van der Waals surface area contributed by atoms with E-state index in [1.165, 1.54) is 12.8 Å². The number of hydrogen-bond donors (Lipinski definition) is 3. The first kappa shape index (κ1) is 12.6. The lowest BCUT2D eigenvalue weighted by Crippen LogP contribution is -2.39. The molecular formula is C13H21N5O. The van der Waals surface area contributed by atoms with E-state index >= 15 is 0 Å².